The van der Waals surface area contributed by atoms with Gasteiger partial charge in [-0.1, -0.05) is 11.6 Å². The largest absolute Gasteiger partial charge is 0.390 e. The summed E-state index contributed by atoms with van der Waals surface area (Å²) in [6.45, 7) is -1.08. The first-order valence-corrected chi connectivity index (χ1v) is 6.15. The van der Waals surface area contributed by atoms with Crippen molar-refractivity contribution in [1.29, 1.82) is 0 Å². The van der Waals surface area contributed by atoms with E-state index in [1.807, 2.05) is 0 Å². The molecule has 0 spiro atoms. The molecule has 9 heteroatoms. The number of aliphatic hydroxyl groups excluding tert-OH is 3. The van der Waals surface area contributed by atoms with Crippen LogP contribution in [0.5, 0.6) is 0 Å². The summed E-state index contributed by atoms with van der Waals surface area (Å²) < 4.78 is 20.3. The van der Waals surface area contributed by atoms with E-state index in [1.54, 1.807) is 0 Å². The number of nitrogens with zero attached hydrogens (tertiary/aromatic N) is 3. The van der Waals surface area contributed by atoms with E-state index in [1.165, 1.54) is 23.3 Å². The van der Waals surface area contributed by atoms with Gasteiger partial charge in [0.05, 0.1) is 10.4 Å². The van der Waals surface area contributed by atoms with Gasteiger partial charge in [0.1, 0.15) is 30.8 Å². The second kappa shape index (κ2) is 4.61. The minimum Gasteiger partial charge on any atom is -0.390 e. The van der Waals surface area contributed by atoms with Crippen molar-refractivity contribution in [2.45, 2.75) is 24.3 Å². The molecule has 0 aromatic carbocycles. The Morgan fingerprint density at radius 3 is 2.90 bits per heavy atom. The van der Waals surface area contributed by atoms with Crippen LogP contribution in [0.4, 0.5) is 4.39 Å². The van der Waals surface area contributed by atoms with Crippen LogP contribution in [0.2, 0.25) is 5.02 Å². The third kappa shape index (κ3) is 1.80. The second-order valence-corrected chi connectivity index (χ2v) is 4.94. The number of aromatic nitrogens is 3. The molecule has 3 heterocycles. The van der Waals surface area contributed by atoms with E-state index < -0.39 is 30.9 Å². The van der Waals surface area contributed by atoms with Crippen LogP contribution in [0.1, 0.15) is 6.23 Å². The van der Waals surface area contributed by atoms with E-state index in [4.69, 9.17) is 21.4 Å². The molecule has 0 aliphatic carbocycles. The van der Waals surface area contributed by atoms with Crippen molar-refractivity contribution in [3.8, 4) is 0 Å². The quantitative estimate of drug-likeness (QED) is 0.721. The van der Waals surface area contributed by atoms with Crippen LogP contribution in [0.25, 0.3) is 11.0 Å². The van der Waals surface area contributed by atoms with Crippen LogP contribution in [0.15, 0.2) is 18.7 Å². The molecule has 7 nitrogen and oxygen atoms in total. The van der Waals surface area contributed by atoms with Gasteiger partial charge in [-0.3, -0.25) is 0 Å². The number of fused-ring (bicyclic) bond motifs is 1. The lowest BCUT2D eigenvalue weighted by Crippen LogP contribution is -2.42. The molecular formula is C11H11ClFN3O4. The SMILES string of the molecule is OC[C@@]1(F)O[C@@H](n2cc(Cl)c3cncnc32)[C@H](O)[C@@H]1O. The molecule has 0 saturated carbocycles. The topological polar surface area (TPSA) is 101 Å². The normalized spacial score (nSPS) is 34.0. The van der Waals surface area contributed by atoms with E-state index in [2.05, 4.69) is 9.97 Å². The smallest absolute Gasteiger partial charge is 0.263 e. The van der Waals surface area contributed by atoms with Gasteiger partial charge in [0.2, 0.25) is 0 Å². The summed E-state index contributed by atoms with van der Waals surface area (Å²) in [6, 6.07) is 0. The summed E-state index contributed by atoms with van der Waals surface area (Å²) in [4.78, 5) is 7.81. The maximum absolute atomic E-state index is 14.1. The Bertz CT molecular complexity index is 654. The third-order valence-electron chi connectivity index (χ3n) is 3.31. The number of alkyl halides is 1. The van der Waals surface area contributed by atoms with Crippen LogP contribution in [0.3, 0.4) is 0 Å². The molecule has 1 fully saturated rings. The Balaban J connectivity index is 2.08. The average Bonchev–Trinajstić information content (AvgIpc) is 2.91. The Kier molecular flexibility index (Phi) is 3.14. The highest BCUT2D eigenvalue weighted by molar-refractivity contribution is 6.35. The van der Waals surface area contributed by atoms with Gasteiger partial charge in [0.25, 0.3) is 5.85 Å². The zero-order chi connectivity index (χ0) is 14.5. The first kappa shape index (κ1) is 13.7. The Hall–Kier alpha value is -1.32. The highest BCUT2D eigenvalue weighted by Crippen LogP contribution is 2.40. The van der Waals surface area contributed by atoms with Gasteiger partial charge in [-0.05, 0) is 0 Å². The fourth-order valence-corrected chi connectivity index (χ4v) is 2.49. The fourth-order valence-electron chi connectivity index (χ4n) is 2.25. The summed E-state index contributed by atoms with van der Waals surface area (Å²) >= 11 is 6.00. The summed E-state index contributed by atoms with van der Waals surface area (Å²) in [5, 5.41) is 29.3. The maximum Gasteiger partial charge on any atom is 0.263 e. The van der Waals surface area contributed by atoms with Crippen molar-refractivity contribution in [2.75, 3.05) is 6.61 Å². The number of aliphatic hydroxyl groups is 3. The monoisotopic (exact) mass is 303 g/mol. The molecule has 1 aliphatic rings. The van der Waals surface area contributed by atoms with Gasteiger partial charge < -0.3 is 24.6 Å². The van der Waals surface area contributed by atoms with Gasteiger partial charge in [-0.2, -0.15) is 0 Å². The maximum atomic E-state index is 14.1. The van der Waals surface area contributed by atoms with Crippen molar-refractivity contribution < 1.29 is 24.4 Å². The molecular weight excluding hydrogens is 293 g/mol. The van der Waals surface area contributed by atoms with E-state index in [-0.39, 0.29) is 0 Å². The molecule has 108 valence electrons. The summed E-state index contributed by atoms with van der Waals surface area (Å²) in [7, 11) is 0. The molecule has 3 rings (SSSR count). The Morgan fingerprint density at radius 1 is 1.50 bits per heavy atom. The summed E-state index contributed by atoms with van der Waals surface area (Å²) in [5.74, 6) is -2.74. The van der Waals surface area contributed by atoms with Gasteiger partial charge >= 0.3 is 0 Å². The molecule has 4 atom stereocenters. The average molecular weight is 304 g/mol. The number of rotatable bonds is 2. The Labute approximate surface area is 117 Å². The first-order valence-electron chi connectivity index (χ1n) is 5.77. The van der Waals surface area contributed by atoms with Gasteiger partial charge in [0, 0.05) is 12.4 Å². The van der Waals surface area contributed by atoms with Crippen LogP contribution in [-0.4, -0.2) is 54.5 Å². The summed E-state index contributed by atoms with van der Waals surface area (Å²) in [6.07, 6.45) is -0.587. The molecule has 1 saturated heterocycles. The van der Waals surface area contributed by atoms with E-state index in [0.717, 1.165) is 0 Å². The van der Waals surface area contributed by atoms with Crippen LogP contribution in [-0.2, 0) is 4.74 Å². The zero-order valence-corrected chi connectivity index (χ0v) is 10.8. The van der Waals surface area contributed by atoms with Crippen LogP contribution < -0.4 is 0 Å². The van der Waals surface area contributed by atoms with Crippen molar-refractivity contribution in [1.82, 2.24) is 14.5 Å². The highest BCUT2D eigenvalue weighted by Gasteiger charge is 2.55. The molecule has 0 amide bonds. The molecule has 0 unspecified atom stereocenters. The van der Waals surface area contributed by atoms with Crippen molar-refractivity contribution >= 4 is 22.6 Å². The number of halogens is 2. The van der Waals surface area contributed by atoms with Gasteiger partial charge in [-0.25, -0.2) is 14.4 Å². The van der Waals surface area contributed by atoms with Crippen molar-refractivity contribution in [3.05, 3.63) is 23.7 Å². The molecule has 20 heavy (non-hydrogen) atoms. The van der Waals surface area contributed by atoms with E-state index in [9.17, 15) is 14.6 Å². The minimum absolute atomic E-state index is 0.297. The van der Waals surface area contributed by atoms with Crippen LogP contribution >= 0.6 is 11.6 Å². The molecule has 0 radical (unpaired) electrons. The highest BCUT2D eigenvalue weighted by atomic mass is 35.5. The molecule has 1 aliphatic heterocycles. The second-order valence-electron chi connectivity index (χ2n) is 4.53. The van der Waals surface area contributed by atoms with E-state index >= 15 is 0 Å². The molecule has 3 N–H and O–H groups in total. The lowest BCUT2D eigenvalue weighted by molar-refractivity contribution is -0.206. The van der Waals surface area contributed by atoms with Crippen molar-refractivity contribution in [2.24, 2.45) is 0 Å². The van der Waals surface area contributed by atoms with Crippen molar-refractivity contribution in [3.63, 3.8) is 0 Å². The Morgan fingerprint density at radius 2 is 2.25 bits per heavy atom. The lowest BCUT2D eigenvalue weighted by atomic mass is 10.1. The fraction of sp³-hybridized carbons (Fsp3) is 0.455. The molecule has 2 aromatic rings. The third-order valence-corrected chi connectivity index (χ3v) is 3.61. The zero-order valence-electron chi connectivity index (χ0n) is 10.0. The first-order chi connectivity index (χ1) is 9.48. The minimum atomic E-state index is -2.74. The lowest BCUT2D eigenvalue weighted by Gasteiger charge is -2.19. The van der Waals surface area contributed by atoms with Gasteiger partial charge in [0.15, 0.2) is 6.23 Å². The summed E-state index contributed by atoms with van der Waals surface area (Å²) in [5.41, 5.74) is 0.323. The molecule has 2 aromatic heterocycles. The molecule has 0 bridgehead atoms. The van der Waals surface area contributed by atoms with E-state index in [0.29, 0.717) is 16.1 Å². The number of hydrogen-bond acceptors (Lipinski definition) is 6. The van der Waals surface area contributed by atoms with Gasteiger partial charge in [-0.15, -0.1) is 0 Å². The number of hydrogen-bond donors (Lipinski definition) is 3. The predicted molar refractivity (Wildman–Crippen MR) is 65.6 cm³/mol. The number of ether oxygens (including phenoxy) is 1. The predicted octanol–water partition coefficient (Wildman–Crippen LogP) is -0.00660. The standard InChI is InChI=1S/C11H11ClFN3O4/c12-6-2-16(9-5(6)1-14-4-15-9)10-7(18)8(19)11(13,3-17)20-10/h1-2,4,7-8,10,17-19H,3H2/t7-,8+,10-,11-/m1/s1. The van der Waals surface area contributed by atoms with Crippen LogP contribution in [0, 0.1) is 0 Å².